The maximum absolute atomic E-state index is 12.5. The maximum atomic E-state index is 12.5. The molecular weight excluding hydrogens is 298 g/mol. The van der Waals surface area contributed by atoms with Crippen molar-refractivity contribution in [2.24, 2.45) is 0 Å². The average Bonchev–Trinajstić information content (AvgIpc) is 3.03. The summed E-state index contributed by atoms with van der Waals surface area (Å²) in [6, 6.07) is 7.71. The monoisotopic (exact) mass is 315 g/mol. The first kappa shape index (κ1) is 14.9. The molecule has 0 atom stereocenters. The number of aryl methyl sites for hydroxylation is 1. The minimum Gasteiger partial charge on any atom is -0.462 e. The van der Waals surface area contributed by atoms with Gasteiger partial charge in [-0.2, -0.15) is 11.8 Å². The summed E-state index contributed by atoms with van der Waals surface area (Å²) in [5.41, 5.74) is 3.16. The van der Waals surface area contributed by atoms with Gasteiger partial charge in [-0.25, -0.2) is 4.79 Å². The van der Waals surface area contributed by atoms with Crippen molar-refractivity contribution in [3.8, 4) is 0 Å². The quantitative estimate of drug-likeness (QED) is 0.483. The highest BCUT2D eigenvalue weighted by Gasteiger charge is 2.21. The summed E-state index contributed by atoms with van der Waals surface area (Å²) in [6.07, 6.45) is 1.88. The highest BCUT2D eigenvalue weighted by atomic mass is 32.2. The molecule has 0 bridgehead atoms. The van der Waals surface area contributed by atoms with Crippen LogP contribution in [0.1, 0.15) is 17.7 Å². The molecule has 0 fully saturated rings. The second-order valence-corrected chi connectivity index (χ2v) is 6.13. The second kappa shape index (κ2) is 6.40. The van der Waals surface area contributed by atoms with Gasteiger partial charge in [-0.15, -0.1) is 0 Å². The number of rotatable bonds is 5. The normalized spacial score (nSPS) is 13.1. The number of nitrogens with zero attached hydrogens (tertiary/aromatic N) is 1. The number of fused-ring (bicyclic) bond motifs is 2. The van der Waals surface area contributed by atoms with Crippen LogP contribution in [0.25, 0.3) is 10.9 Å². The Balaban J connectivity index is 1.92. The van der Waals surface area contributed by atoms with Crippen molar-refractivity contribution < 1.29 is 9.53 Å². The molecule has 2 heterocycles. The SMILES string of the molecule is C=CC(=O)OCCCn1c2c(c(=O)c3ccccc31)CSC2. The predicted molar refractivity (Wildman–Crippen MR) is 89.0 cm³/mol. The van der Waals surface area contributed by atoms with E-state index in [0.29, 0.717) is 13.0 Å². The number of hydrogen-bond donors (Lipinski definition) is 0. The number of para-hydroxylation sites is 1. The molecule has 4 nitrogen and oxygen atoms in total. The van der Waals surface area contributed by atoms with Crippen LogP contribution >= 0.6 is 11.8 Å². The molecule has 0 N–H and O–H groups in total. The van der Waals surface area contributed by atoms with Crippen molar-refractivity contribution >= 4 is 28.6 Å². The fraction of sp³-hybridized carbons (Fsp3) is 0.294. The van der Waals surface area contributed by atoms with Gasteiger partial charge in [-0.05, 0) is 18.6 Å². The third kappa shape index (κ3) is 2.68. The van der Waals surface area contributed by atoms with Gasteiger partial charge in [0.25, 0.3) is 0 Å². The molecule has 0 spiro atoms. The van der Waals surface area contributed by atoms with Crippen molar-refractivity contribution in [2.45, 2.75) is 24.5 Å². The summed E-state index contributed by atoms with van der Waals surface area (Å²) in [5.74, 6) is 1.25. The van der Waals surface area contributed by atoms with Crippen LogP contribution in [0.4, 0.5) is 0 Å². The maximum Gasteiger partial charge on any atom is 0.330 e. The van der Waals surface area contributed by atoms with E-state index >= 15 is 0 Å². The van der Waals surface area contributed by atoms with Crippen molar-refractivity contribution in [2.75, 3.05) is 6.61 Å². The second-order valence-electron chi connectivity index (χ2n) is 5.14. The molecule has 0 amide bonds. The first-order valence-electron chi connectivity index (χ1n) is 7.22. The molecule has 1 aromatic carbocycles. The smallest absolute Gasteiger partial charge is 0.330 e. The summed E-state index contributed by atoms with van der Waals surface area (Å²) < 4.78 is 7.23. The molecule has 22 heavy (non-hydrogen) atoms. The Morgan fingerprint density at radius 1 is 1.36 bits per heavy atom. The fourth-order valence-corrected chi connectivity index (χ4v) is 3.90. The van der Waals surface area contributed by atoms with E-state index < -0.39 is 5.97 Å². The lowest BCUT2D eigenvalue weighted by molar-refractivity contribution is -0.137. The number of ether oxygens (including phenoxy) is 1. The highest BCUT2D eigenvalue weighted by molar-refractivity contribution is 7.98. The number of thioether (sulfide) groups is 1. The Kier molecular flexibility index (Phi) is 4.34. The molecule has 114 valence electrons. The van der Waals surface area contributed by atoms with Gasteiger partial charge in [0.2, 0.25) is 0 Å². The number of benzene rings is 1. The standard InChI is InChI=1S/C17H17NO3S/c1-2-16(19)21-9-5-8-18-14-7-4-3-6-12(14)17(20)13-10-22-11-15(13)18/h2-4,6-7H,1,5,8-11H2. The largest absolute Gasteiger partial charge is 0.462 e. The number of aromatic nitrogens is 1. The summed E-state index contributed by atoms with van der Waals surface area (Å²) in [4.78, 5) is 23.6. The molecule has 1 aromatic heterocycles. The lowest BCUT2D eigenvalue weighted by Crippen LogP contribution is -2.18. The van der Waals surface area contributed by atoms with Crippen molar-refractivity contribution in [1.82, 2.24) is 4.57 Å². The van der Waals surface area contributed by atoms with E-state index in [1.807, 2.05) is 24.3 Å². The zero-order valence-electron chi connectivity index (χ0n) is 12.2. The Morgan fingerprint density at radius 2 is 2.18 bits per heavy atom. The first-order valence-corrected chi connectivity index (χ1v) is 8.38. The van der Waals surface area contributed by atoms with Crippen LogP contribution < -0.4 is 5.43 Å². The minimum absolute atomic E-state index is 0.157. The van der Waals surface area contributed by atoms with Crippen LogP contribution in [-0.4, -0.2) is 17.1 Å². The van der Waals surface area contributed by atoms with Gasteiger partial charge in [0.15, 0.2) is 5.43 Å². The zero-order valence-corrected chi connectivity index (χ0v) is 13.0. The predicted octanol–water partition coefficient (Wildman–Crippen LogP) is 2.87. The molecule has 0 aliphatic carbocycles. The Morgan fingerprint density at radius 3 is 3.00 bits per heavy atom. The molecular formula is C17H17NO3S. The number of esters is 1. The number of carbonyl (C=O) groups excluding carboxylic acids is 1. The van der Waals surface area contributed by atoms with Crippen LogP contribution in [-0.2, 0) is 27.6 Å². The topological polar surface area (TPSA) is 48.3 Å². The molecule has 2 aromatic rings. The van der Waals surface area contributed by atoms with E-state index in [1.54, 1.807) is 11.8 Å². The van der Waals surface area contributed by atoms with Gasteiger partial charge >= 0.3 is 5.97 Å². The van der Waals surface area contributed by atoms with Gasteiger partial charge in [0, 0.05) is 40.8 Å². The summed E-state index contributed by atoms with van der Waals surface area (Å²) in [7, 11) is 0. The highest BCUT2D eigenvalue weighted by Crippen LogP contribution is 2.30. The van der Waals surface area contributed by atoms with Crippen LogP contribution in [0, 0.1) is 0 Å². The van der Waals surface area contributed by atoms with Crippen molar-refractivity contribution in [3.05, 3.63) is 58.4 Å². The molecule has 0 unspecified atom stereocenters. The number of pyridine rings is 1. The van der Waals surface area contributed by atoms with Crippen LogP contribution in [0.3, 0.4) is 0 Å². The lowest BCUT2D eigenvalue weighted by Gasteiger charge is -2.16. The third-order valence-electron chi connectivity index (χ3n) is 3.81. The Labute approximate surface area is 132 Å². The van der Waals surface area contributed by atoms with Crippen LogP contribution in [0.15, 0.2) is 41.7 Å². The lowest BCUT2D eigenvalue weighted by atomic mass is 10.1. The van der Waals surface area contributed by atoms with E-state index in [9.17, 15) is 9.59 Å². The Bertz CT molecular complexity index is 794. The number of hydrogen-bond acceptors (Lipinski definition) is 4. The van der Waals surface area contributed by atoms with Crippen molar-refractivity contribution in [3.63, 3.8) is 0 Å². The van der Waals surface area contributed by atoms with E-state index in [4.69, 9.17) is 4.74 Å². The van der Waals surface area contributed by atoms with Crippen LogP contribution in [0.5, 0.6) is 0 Å². The Hall–Kier alpha value is -2.01. The van der Waals surface area contributed by atoms with E-state index in [2.05, 4.69) is 11.1 Å². The molecule has 0 radical (unpaired) electrons. The van der Waals surface area contributed by atoms with E-state index in [-0.39, 0.29) is 5.43 Å². The average molecular weight is 315 g/mol. The molecule has 5 heteroatoms. The summed E-state index contributed by atoms with van der Waals surface area (Å²) >= 11 is 1.77. The molecule has 1 aliphatic heterocycles. The van der Waals surface area contributed by atoms with E-state index in [1.165, 1.54) is 6.08 Å². The fourth-order valence-electron chi connectivity index (χ4n) is 2.78. The van der Waals surface area contributed by atoms with Gasteiger partial charge in [0.05, 0.1) is 12.1 Å². The summed E-state index contributed by atoms with van der Waals surface area (Å²) in [6.45, 7) is 4.46. The van der Waals surface area contributed by atoms with E-state index in [0.717, 1.165) is 40.2 Å². The van der Waals surface area contributed by atoms with Gasteiger partial charge in [-0.1, -0.05) is 18.7 Å². The molecule has 0 saturated carbocycles. The first-order chi connectivity index (χ1) is 10.7. The molecule has 1 aliphatic rings. The van der Waals surface area contributed by atoms with Gasteiger partial charge < -0.3 is 9.30 Å². The molecule has 0 saturated heterocycles. The molecule has 3 rings (SSSR count). The minimum atomic E-state index is -0.398. The number of carbonyl (C=O) groups is 1. The summed E-state index contributed by atoms with van der Waals surface area (Å²) in [5, 5.41) is 0.770. The van der Waals surface area contributed by atoms with Gasteiger partial charge in [0.1, 0.15) is 0 Å². The van der Waals surface area contributed by atoms with Crippen LogP contribution in [0.2, 0.25) is 0 Å². The van der Waals surface area contributed by atoms with Gasteiger partial charge in [-0.3, -0.25) is 4.79 Å². The van der Waals surface area contributed by atoms with Crippen molar-refractivity contribution in [1.29, 1.82) is 0 Å². The zero-order chi connectivity index (χ0) is 15.5. The third-order valence-corrected chi connectivity index (χ3v) is 4.78.